The second-order valence-corrected chi connectivity index (χ2v) is 9.11. The van der Waals surface area contributed by atoms with Gasteiger partial charge < -0.3 is 16.0 Å². The predicted molar refractivity (Wildman–Crippen MR) is 143 cm³/mol. The first-order valence-electron chi connectivity index (χ1n) is 12.8. The number of hydrogen-bond acceptors (Lipinski definition) is 8. The van der Waals surface area contributed by atoms with Crippen molar-refractivity contribution < 1.29 is 19.2 Å². The number of likely N-dealkylation sites (tertiary alicyclic amines) is 1. The van der Waals surface area contributed by atoms with Gasteiger partial charge in [0.2, 0.25) is 11.7 Å². The van der Waals surface area contributed by atoms with E-state index in [4.69, 9.17) is 10.6 Å². The molecule has 1 aromatic carbocycles. The quantitative estimate of drug-likeness (QED) is 0.510. The third kappa shape index (κ3) is 5.72. The number of nitrogens with zero attached hydrogens (tertiary/aromatic N) is 5. The predicted octanol–water partition coefficient (Wildman–Crippen LogP) is 2.46. The number of likely N-dealkylation sites (N-methyl/N-ethyl adjacent to an activating group) is 1. The molecule has 4 rings (SSSR count). The van der Waals surface area contributed by atoms with Gasteiger partial charge in [-0.3, -0.25) is 19.2 Å². The zero-order valence-electron chi connectivity index (χ0n) is 21.9. The monoisotopic (exact) mass is 519 g/mol. The molecule has 0 unspecified atom stereocenters. The SMILES string of the molecule is CCCN(OCC)C(=O)C1=Cc2ccc(-c3cnc(C(=O)N4CCC[C@@H]4C(=O)NC)nc3)cc2N=C(N)C1. The largest absolute Gasteiger partial charge is 0.387 e. The van der Waals surface area contributed by atoms with Crippen molar-refractivity contribution in [3.63, 3.8) is 0 Å². The fraction of sp³-hybridized carbons (Fsp3) is 0.407. The molecule has 1 fully saturated rings. The van der Waals surface area contributed by atoms with Gasteiger partial charge in [0.1, 0.15) is 11.9 Å². The van der Waals surface area contributed by atoms with E-state index in [0.717, 1.165) is 24.0 Å². The van der Waals surface area contributed by atoms with Crippen molar-refractivity contribution >= 4 is 35.3 Å². The summed E-state index contributed by atoms with van der Waals surface area (Å²) in [5.74, 6) is -0.421. The Hall–Kier alpha value is -4.12. The van der Waals surface area contributed by atoms with Crippen LogP contribution in [0.4, 0.5) is 5.69 Å². The molecule has 2 aromatic rings. The van der Waals surface area contributed by atoms with E-state index >= 15 is 0 Å². The number of hydroxylamine groups is 2. The minimum Gasteiger partial charge on any atom is -0.387 e. The summed E-state index contributed by atoms with van der Waals surface area (Å²) >= 11 is 0. The van der Waals surface area contributed by atoms with E-state index in [0.29, 0.717) is 48.8 Å². The van der Waals surface area contributed by atoms with E-state index in [-0.39, 0.29) is 30.0 Å². The van der Waals surface area contributed by atoms with Gasteiger partial charge in [0.25, 0.3) is 11.8 Å². The molecule has 200 valence electrons. The summed E-state index contributed by atoms with van der Waals surface area (Å²) in [6.07, 6.45) is 7.30. The molecule has 1 atom stereocenters. The third-order valence-corrected chi connectivity index (χ3v) is 6.45. The first kappa shape index (κ1) is 26.9. The van der Waals surface area contributed by atoms with E-state index in [1.807, 2.05) is 32.0 Å². The summed E-state index contributed by atoms with van der Waals surface area (Å²) < 4.78 is 0. The average molecular weight is 520 g/mol. The van der Waals surface area contributed by atoms with Gasteiger partial charge in [-0.2, -0.15) is 0 Å². The van der Waals surface area contributed by atoms with E-state index in [9.17, 15) is 14.4 Å². The number of benzene rings is 1. The zero-order valence-corrected chi connectivity index (χ0v) is 21.9. The molecule has 0 saturated carbocycles. The Labute approximate surface area is 221 Å². The number of carbonyl (C=O) groups excluding carboxylic acids is 3. The van der Waals surface area contributed by atoms with Gasteiger partial charge in [-0.25, -0.2) is 20.0 Å². The number of hydrogen-bond donors (Lipinski definition) is 2. The maximum Gasteiger partial charge on any atom is 0.292 e. The molecular formula is C27H33N7O4. The Kier molecular flexibility index (Phi) is 8.47. The molecule has 3 amide bonds. The molecule has 0 spiro atoms. The van der Waals surface area contributed by atoms with Gasteiger partial charge >= 0.3 is 0 Å². The van der Waals surface area contributed by atoms with Gasteiger partial charge in [-0.05, 0) is 43.9 Å². The van der Waals surface area contributed by atoms with Gasteiger partial charge in [-0.15, -0.1) is 0 Å². The maximum absolute atomic E-state index is 13.1. The van der Waals surface area contributed by atoms with Gasteiger partial charge in [0, 0.05) is 55.7 Å². The molecule has 3 N–H and O–H groups in total. The molecule has 3 heterocycles. The second kappa shape index (κ2) is 12.0. The highest BCUT2D eigenvalue weighted by atomic mass is 16.7. The summed E-state index contributed by atoms with van der Waals surface area (Å²) in [6.45, 7) is 5.18. The molecule has 11 nitrogen and oxygen atoms in total. The summed E-state index contributed by atoms with van der Waals surface area (Å²) in [7, 11) is 1.56. The fourth-order valence-corrected chi connectivity index (χ4v) is 4.62. The topological polar surface area (TPSA) is 143 Å². The van der Waals surface area contributed by atoms with Crippen LogP contribution in [0.15, 0.2) is 41.2 Å². The number of amidine groups is 1. The zero-order chi connectivity index (χ0) is 27.2. The Morgan fingerprint density at radius 3 is 2.63 bits per heavy atom. The van der Waals surface area contributed by atoms with Crippen LogP contribution in [0.5, 0.6) is 0 Å². The van der Waals surface area contributed by atoms with Gasteiger partial charge in [0.05, 0.1) is 12.3 Å². The first-order valence-corrected chi connectivity index (χ1v) is 12.8. The third-order valence-electron chi connectivity index (χ3n) is 6.45. The molecule has 0 radical (unpaired) electrons. The number of aliphatic imine (C=N–C) groups is 1. The van der Waals surface area contributed by atoms with E-state index in [1.54, 1.807) is 25.5 Å². The molecule has 1 saturated heterocycles. The Bertz CT molecular complexity index is 1270. The summed E-state index contributed by atoms with van der Waals surface area (Å²) in [5.41, 5.74) is 9.53. The van der Waals surface area contributed by atoms with Crippen LogP contribution in [-0.4, -0.2) is 76.3 Å². The van der Waals surface area contributed by atoms with Crippen LogP contribution in [0, 0.1) is 0 Å². The van der Waals surface area contributed by atoms with Crippen LogP contribution in [0.1, 0.15) is 55.7 Å². The van der Waals surface area contributed by atoms with Crippen molar-refractivity contribution in [2.75, 3.05) is 26.7 Å². The second-order valence-electron chi connectivity index (χ2n) is 9.11. The van der Waals surface area contributed by atoms with Crippen molar-refractivity contribution in [3.05, 3.63) is 47.6 Å². The van der Waals surface area contributed by atoms with Crippen molar-refractivity contribution in [1.82, 2.24) is 25.2 Å². The highest BCUT2D eigenvalue weighted by Gasteiger charge is 2.35. The molecule has 11 heteroatoms. The minimum atomic E-state index is -0.504. The number of aromatic nitrogens is 2. The average Bonchev–Trinajstić information content (AvgIpc) is 3.35. The lowest BCUT2D eigenvalue weighted by atomic mass is 10.0. The summed E-state index contributed by atoms with van der Waals surface area (Å²) in [4.78, 5) is 58.3. The number of nitrogens with two attached hydrogens (primary N) is 1. The van der Waals surface area contributed by atoms with Gasteiger partial charge in [0.15, 0.2) is 0 Å². The highest BCUT2D eigenvalue weighted by Crippen LogP contribution is 2.32. The smallest absolute Gasteiger partial charge is 0.292 e. The van der Waals surface area contributed by atoms with Crippen LogP contribution >= 0.6 is 0 Å². The summed E-state index contributed by atoms with van der Waals surface area (Å²) in [5, 5.41) is 3.98. The van der Waals surface area contributed by atoms with Crippen LogP contribution in [0.3, 0.4) is 0 Å². The Morgan fingerprint density at radius 2 is 1.95 bits per heavy atom. The Morgan fingerprint density at radius 1 is 1.18 bits per heavy atom. The molecule has 2 aliphatic rings. The lowest BCUT2D eigenvalue weighted by molar-refractivity contribution is -0.180. The number of fused-ring (bicyclic) bond motifs is 1. The first-order chi connectivity index (χ1) is 18.4. The van der Waals surface area contributed by atoms with Crippen molar-refractivity contribution in [2.24, 2.45) is 10.7 Å². The number of rotatable bonds is 8. The van der Waals surface area contributed by atoms with Crippen LogP contribution in [0.25, 0.3) is 17.2 Å². The molecule has 1 aromatic heterocycles. The van der Waals surface area contributed by atoms with E-state index in [1.165, 1.54) is 9.96 Å². The fourth-order valence-electron chi connectivity index (χ4n) is 4.62. The molecule has 0 aliphatic carbocycles. The van der Waals surface area contributed by atoms with Gasteiger partial charge in [-0.1, -0.05) is 19.1 Å². The van der Waals surface area contributed by atoms with Crippen molar-refractivity contribution in [1.29, 1.82) is 0 Å². The van der Waals surface area contributed by atoms with Crippen LogP contribution in [0.2, 0.25) is 0 Å². The van der Waals surface area contributed by atoms with Crippen LogP contribution < -0.4 is 11.1 Å². The summed E-state index contributed by atoms with van der Waals surface area (Å²) in [6, 6.07) is 5.09. The van der Waals surface area contributed by atoms with E-state index in [2.05, 4.69) is 20.3 Å². The molecule has 2 aliphatic heterocycles. The normalized spacial score (nSPS) is 16.7. The lowest BCUT2D eigenvalue weighted by Crippen LogP contribution is -2.45. The molecular weight excluding hydrogens is 486 g/mol. The maximum atomic E-state index is 13.1. The molecule has 38 heavy (non-hydrogen) atoms. The van der Waals surface area contributed by atoms with Crippen LogP contribution in [-0.2, 0) is 14.4 Å². The minimum absolute atomic E-state index is 0.0404. The molecule has 0 bridgehead atoms. The number of carbonyl (C=O) groups is 3. The lowest BCUT2D eigenvalue weighted by Gasteiger charge is -2.22. The highest BCUT2D eigenvalue weighted by molar-refractivity contribution is 6.05. The standard InChI is InChI=1S/C27H33N7O4/c1-4-10-34(38-5-2)26(36)19-12-18-9-8-17(13-21(18)32-23(28)14-19)20-15-30-24(31-16-20)27(37)33-11-6-7-22(33)25(35)29-3/h8-9,12-13,15-16,22H,4-7,10-11,14H2,1-3H3,(H2,28,32)(H,29,35)/t22-/m1/s1. The number of nitrogens with one attached hydrogen (secondary N) is 1. The van der Waals surface area contributed by atoms with Crippen molar-refractivity contribution in [2.45, 2.75) is 45.6 Å². The Balaban J connectivity index is 1.56. The van der Waals surface area contributed by atoms with E-state index < -0.39 is 6.04 Å². The van der Waals surface area contributed by atoms with Crippen molar-refractivity contribution in [3.8, 4) is 11.1 Å². The number of amides is 3.